The molecule has 156 valence electrons. The van der Waals surface area contributed by atoms with Crippen LogP contribution in [0.15, 0.2) is 6.08 Å². The van der Waals surface area contributed by atoms with Gasteiger partial charge >= 0.3 is 5.97 Å². The lowest BCUT2D eigenvalue weighted by Gasteiger charge is -2.27. The monoisotopic (exact) mass is 407 g/mol. The molecule has 1 fully saturated rings. The molecular formula is C21H33N3O3S. The first-order valence-corrected chi connectivity index (χ1v) is 11.5. The second-order valence-electron chi connectivity index (χ2n) is 7.83. The quantitative estimate of drug-likeness (QED) is 0.415. The summed E-state index contributed by atoms with van der Waals surface area (Å²) < 4.78 is 20.3. The van der Waals surface area contributed by atoms with Crippen molar-refractivity contribution in [3.63, 3.8) is 0 Å². The van der Waals surface area contributed by atoms with Crippen molar-refractivity contribution in [3.8, 4) is 5.88 Å². The van der Waals surface area contributed by atoms with Gasteiger partial charge in [0.15, 0.2) is 0 Å². The number of ether oxygens (including phenoxy) is 2. The number of aromatic nitrogens is 2. The Hall–Kier alpha value is -1.47. The van der Waals surface area contributed by atoms with Crippen LogP contribution in [0.5, 0.6) is 5.88 Å². The van der Waals surface area contributed by atoms with Gasteiger partial charge in [0.1, 0.15) is 12.4 Å². The van der Waals surface area contributed by atoms with Crippen LogP contribution in [0.1, 0.15) is 76.8 Å². The van der Waals surface area contributed by atoms with Crippen molar-refractivity contribution in [1.82, 2.24) is 13.6 Å². The van der Waals surface area contributed by atoms with Crippen LogP contribution in [-0.4, -0.2) is 46.0 Å². The first-order valence-electron chi connectivity index (χ1n) is 10.8. The molecule has 6 nitrogen and oxygen atoms in total. The number of rotatable bonds is 10. The van der Waals surface area contributed by atoms with Gasteiger partial charge in [-0.1, -0.05) is 51.5 Å². The maximum atomic E-state index is 12.3. The van der Waals surface area contributed by atoms with Crippen LogP contribution >= 0.6 is 11.7 Å². The lowest BCUT2D eigenvalue weighted by molar-refractivity contribution is -0.154. The second kappa shape index (κ2) is 11.5. The molecule has 0 aromatic carbocycles. The van der Waals surface area contributed by atoms with E-state index < -0.39 is 0 Å². The molecule has 0 bridgehead atoms. The third kappa shape index (κ3) is 6.27. The van der Waals surface area contributed by atoms with Crippen molar-refractivity contribution in [2.45, 2.75) is 71.1 Å². The number of carbonyl (C=O) groups excluding carboxylic acids is 1. The van der Waals surface area contributed by atoms with Gasteiger partial charge in [-0.2, -0.15) is 4.37 Å². The maximum absolute atomic E-state index is 12.3. The van der Waals surface area contributed by atoms with Gasteiger partial charge in [0, 0.05) is 13.1 Å². The van der Waals surface area contributed by atoms with Gasteiger partial charge in [-0.25, -0.2) is 0 Å². The number of unbranched alkanes of at least 4 members (excludes halogenated alkanes) is 3. The lowest BCUT2D eigenvalue weighted by atomic mass is 9.89. The minimum Gasteiger partial charge on any atom is -0.475 e. The van der Waals surface area contributed by atoms with E-state index in [4.69, 9.17) is 9.47 Å². The zero-order valence-corrected chi connectivity index (χ0v) is 17.8. The highest BCUT2D eigenvalue weighted by Gasteiger charge is 2.25. The summed E-state index contributed by atoms with van der Waals surface area (Å²) >= 11 is 1.20. The van der Waals surface area contributed by atoms with Crippen LogP contribution in [0, 0.1) is 5.92 Å². The Balaban J connectivity index is 1.46. The number of hydrogen-bond donors (Lipinski definition) is 0. The Labute approximate surface area is 172 Å². The average Bonchev–Trinajstić information content (AvgIpc) is 3.21. The minimum absolute atomic E-state index is 0.0257. The molecule has 0 atom stereocenters. The molecule has 7 heteroatoms. The molecule has 0 spiro atoms. The summed E-state index contributed by atoms with van der Waals surface area (Å²) in [5.74, 6) is 0.722. The molecule has 0 amide bonds. The number of carbonyl (C=O) groups is 1. The van der Waals surface area contributed by atoms with Crippen LogP contribution < -0.4 is 4.74 Å². The minimum atomic E-state index is -0.0257. The zero-order valence-electron chi connectivity index (χ0n) is 17.0. The molecule has 0 saturated heterocycles. The van der Waals surface area contributed by atoms with E-state index in [0.717, 1.165) is 62.9 Å². The topological polar surface area (TPSA) is 64.6 Å². The fourth-order valence-corrected chi connectivity index (χ4v) is 4.40. The van der Waals surface area contributed by atoms with Gasteiger partial charge in [-0.05, 0) is 31.3 Å². The van der Waals surface area contributed by atoms with Gasteiger partial charge in [0.05, 0.1) is 24.3 Å². The predicted molar refractivity (Wildman–Crippen MR) is 111 cm³/mol. The third-order valence-corrected chi connectivity index (χ3v) is 6.07. The molecule has 1 aromatic rings. The van der Waals surface area contributed by atoms with Crippen molar-refractivity contribution in [2.24, 2.45) is 5.92 Å². The number of hydrogen-bond acceptors (Lipinski definition) is 7. The van der Waals surface area contributed by atoms with Gasteiger partial charge in [0.25, 0.3) is 5.88 Å². The molecule has 1 saturated carbocycles. The van der Waals surface area contributed by atoms with Crippen LogP contribution in [0.25, 0.3) is 5.57 Å². The van der Waals surface area contributed by atoms with E-state index in [1.807, 2.05) is 0 Å². The predicted octanol–water partition coefficient (Wildman–Crippen LogP) is 4.67. The summed E-state index contributed by atoms with van der Waals surface area (Å²) in [7, 11) is 0. The Morgan fingerprint density at radius 1 is 1.21 bits per heavy atom. The summed E-state index contributed by atoms with van der Waals surface area (Å²) in [5.41, 5.74) is 1.97. The molecule has 3 rings (SSSR count). The Bertz CT molecular complexity index is 641. The maximum Gasteiger partial charge on any atom is 0.310 e. The number of nitrogens with zero attached hydrogens (tertiary/aromatic N) is 3. The van der Waals surface area contributed by atoms with Gasteiger partial charge in [-0.3, -0.25) is 9.69 Å². The van der Waals surface area contributed by atoms with Crippen molar-refractivity contribution in [3.05, 3.63) is 11.8 Å². The first kappa shape index (κ1) is 21.2. The Kier molecular flexibility index (Phi) is 8.73. The van der Waals surface area contributed by atoms with E-state index in [1.165, 1.54) is 37.4 Å². The summed E-state index contributed by atoms with van der Waals surface area (Å²) in [6.07, 6.45) is 13.3. The highest BCUT2D eigenvalue weighted by molar-refractivity contribution is 6.99. The molecule has 1 aromatic heterocycles. The van der Waals surface area contributed by atoms with Crippen LogP contribution in [0.2, 0.25) is 0 Å². The molecule has 2 heterocycles. The van der Waals surface area contributed by atoms with Gasteiger partial charge < -0.3 is 9.47 Å². The van der Waals surface area contributed by atoms with E-state index in [9.17, 15) is 4.79 Å². The van der Waals surface area contributed by atoms with E-state index in [-0.39, 0.29) is 11.9 Å². The molecule has 28 heavy (non-hydrogen) atoms. The van der Waals surface area contributed by atoms with Gasteiger partial charge in [-0.15, -0.1) is 4.37 Å². The fourth-order valence-electron chi connectivity index (χ4n) is 3.87. The van der Waals surface area contributed by atoms with Crippen molar-refractivity contribution in [1.29, 1.82) is 0 Å². The molecule has 0 radical (unpaired) electrons. The van der Waals surface area contributed by atoms with Crippen LogP contribution in [0.3, 0.4) is 0 Å². The van der Waals surface area contributed by atoms with Crippen LogP contribution in [0.4, 0.5) is 0 Å². The average molecular weight is 408 g/mol. The first-order chi connectivity index (χ1) is 13.8. The lowest BCUT2D eigenvalue weighted by Crippen LogP contribution is -2.34. The molecule has 1 aliphatic heterocycles. The SMILES string of the molecule is CCCCCCOc1nsnc1C1=CCCN(COC(=O)C2CCCCC2)C1. The summed E-state index contributed by atoms with van der Waals surface area (Å²) in [5, 5.41) is 0. The second-order valence-corrected chi connectivity index (χ2v) is 8.35. The Morgan fingerprint density at radius 2 is 2.07 bits per heavy atom. The van der Waals surface area contributed by atoms with Crippen molar-refractivity contribution >= 4 is 23.3 Å². The normalized spacial score (nSPS) is 18.7. The van der Waals surface area contributed by atoms with Crippen molar-refractivity contribution in [2.75, 3.05) is 26.4 Å². The zero-order chi connectivity index (χ0) is 19.6. The number of esters is 1. The molecular weight excluding hydrogens is 374 g/mol. The summed E-state index contributed by atoms with van der Waals surface area (Å²) in [6, 6.07) is 0. The third-order valence-electron chi connectivity index (χ3n) is 5.56. The van der Waals surface area contributed by atoms with E-state index in [2.05, 4.69) is 26.6 Å². The largest absolute Gasteiger partial charge is 0.475 e. The summed E-state index contributed by atoms with van der Waals surface area (Å²) in [6.45, 7) is 4.87. The molecule has 2 aliphatic rings. The highest BCUT2D eigenvalue weighted by atomic mass is 32.1. The molecule has 1 aliphatic carbocycles. The summed E-state index contributed by atoms with van der Waals surface area (Å²) in [4.78, 5) is 14.5. The van der Waals surface area contributed by atoms with Gasteiger partial charge in [0.2, 0.25) is 0 Å². The standard InChI is InChI=1S/C21H33N3O3S/c1-2-3-4-8-14-26-20-19(22-28-23-20)18-12-9-13-24(15-18)16-27-21(25)17-10-6-5-7-11-17/h12,17H,2-11,13-16H2,1H3. The molecule has 0 unspecified atom stereocenters. The van der Waals surface area contributed by atoms with E-state index in [1.54, 1.807) is 0 Å². The Morgan fingerprint density at radius 3 is 2.89 bits per heavy atom. The fraction of sp³-hybridized carbons (Fsp3) is 0.762. The highest BCUT2D eigenvalue weighted by Crippen LogP contribution is 2.28. The van der Waals surface area contributed by atoms with E-state index in [0.29, 0.717) is 19.2 Å². The molecule has 0 N–H and O–H groups in total. The van der Waals surface area contributed by atoms with Crippen molar-refractivity contribution < 1.29 is 14.3 Å². The smallest absolute Gasteiger partial charge is 0.310 e. The van der Waals surface area contributed by atoms with Crippen LogP contribution in [-0.2, 0) is 9.53 Å². The van der Waals surface area contributed by atoms with E-state index >= 15 is 0 Å².